The number of rotatable bonds is 10. The maximum atomic E-state index is 12.2. The number of nitrogens with one attached hydrogen (secondary N) is 1. The van der Waals surface area contributed by atoms with Gasteiger partial charge in [0.1, 0.15) is 5.75 Å². The van der Waals surface area contributed by atoms with Crippen molar-refractivity contribution < 1.29 is 17.9 Å². The van der Waals surface area contributed by atoms with Gasteiger partial charge in [0.2, 0.25) is 15.9 Å². The van der Waals surface area contributed by atoms with Crippen LogP contribution in [0.25, 0.3) is 0 Å². The molecule has 1 amide bonds. The Bertz CT molecular complexity index is 821. The molecule has 0 bridgehead atoms. The lowest BCUT2D eigenvalue weighted by atomic mass is 10.1. The van der Waals surface area contributed by atoms with Gasteiger partial charge in [0.25, 0.3) is 0 Å². The highest BCUT2D eigenvalue weighted by Crippen LogP contribution is 2.19. The third-order valence-electron chi connectivity index (χ3n) is 4.14. The molecule has 2 aromatic rings. The smallest absolute Gasteiger partial charge is 0.223 e. The number of anilines is 1. The molecule has 7 heteroatoms. The number of hydrogen-bond donors (Lipinski definition) is 1. The molecule has 146 valence electrons. The molecule has 0 radical (unpaired) electrons. The van der Waals surface area contributed by atoms with Gasteiger partial charge in [0.05, 0.1) is 12.9 Å². The van der Waals surface area contributed by atoms with Crippen LogP contribution in [0.3, 0.4) is 0 Å². The second kappa shape index (κ2) is 10.1. The van der Waals surface area contributed by atoms with Gasteiger partial charge in [0, 0.05) is 25.7 Å². The molecule has 0 aromatic heterocycles. The van der Waals surface area contributed by atoms with Gasteiger partial charge in [0.15, 0.2) is 0 Å². The first-order valence-corrected chi connectivity index (χ1v) is 10.5. The van der Waals surface area contributed by atoms with Crippen LogP contribution < -0.4 is 14.4 Å². The van der Waals surface area contributed by atoms with Crippen molar-refractivity contribution in [3.63, 3.8) is 0 Å². The Labute approximate surface area is 161 Å². The number of nitrogens with zero attached hydrogens (tertiary/aromatic N) is 1. The number of benzene rings is 2. The minimum Gasteiger partial charge on any atom is -0.497 e. The summed E-state index contributed by atoms with van der Waals surface area (Å²) in [5.41, 5.74) is 1.82. The SMILES string of the molecule is COc1ccc(N(CCNS(=O)(=O)CCCc2ccccc2)C(C)=O)cc1. The summed E-state index contributed by atoms with van der Waals surface area (Å²) in [6.45, 7) is 1.89. The van der Waals surface area contributed by atoms with E-state index in [2.05, 4.69) is 4.72 Å². The zero-order valence-corrected chi connectivity index (χ0v) is 16.5. The number of methoxy groups -OCH3 is 1. The molecule has 0 aliphatic heterocycles. The molecule has 2 rings (SSSR count). The van der Waals surface area contributed by atoms with Gasteiger partial charge < -0.3 is 9.64 Å². The van der Waals surface area contributed by atoms with E-state index in [0.717, 1.165) is 5.56 Å². The van der Waals surface area contributed by atoms with Crippen LogP contribution in [0.1, 0.15) is 18.9 Å². The molecule has 0 saturated heterocycles. The standard InChI is InChI=1S/C20H26N2O4S/c1-17(23)22(19-10-12-20(26-2)13-11-19)15-14-21-27(24,25)16-6-9-18-7-4-3-5-8-18/h3-5,7-8,10-13,21H,6,9,14-16H2,1-2H3. The predicted octanol–water partition coefficient (Wildman–Crippen LogP) is 2.60. The Morgan fingerprint density at radius 2 is 1.74 bits per heavy atom. The highest BCUT2D eigenvalue weighted by atomic mass is 32.2. The van der Waals surface area contributed by atoms with Crippen molar-refractivity contribution in [2.75, 3.05) is 30.9 Å². The van der Waals surface area contributed by atoms with Gasteiger partial charge >= 0.3 is 0 Å². The third kappa shape index (κ3) is 7.03. The van der Waals surface area contributed by atoms with Gasteiger partial charge in [-0.2, -0.15) is 0 Å². The van der Waals surface area contributed by atoms with Gasteiger partial charge in [-0.25, -0.2) is 13.1 Å². The Balaban J connectivity index is 1.83. The van der Waals surface area contributed by atoms with Crippen LogP contribution >= 0.6 is 0 Å². The summed E-state index contributed by atoms with van der Waals surface area (Å²) in [6.07, 6.45) is 1.27. The van der Waals surface area contributed by atoms with Gasteiger partial charge in [-0.3, -0.25) is 4.79 Å². The van der Waals surface area contributed by atoms with Crippen LogP contribution in [0.5, 0.6) is 5.75 Å². The molecule has 0 unspecified atom stereocenters. The number of carbonyl (C=O) groups excluding carboxylic acids is 1. The van der Waals surface area contributed by atoms with E-state index in [0.29, 0.717) is 24.3 Å². The number of amides is 1. The number of hydrogen-bond acceptors (Lipinski definition) is 4. The highest BCUT2D eigenvalue weighted by Gasteiger charge is 2.14. The summed E-state index contributed by atoms with van der Waals surface area (Å²) in [5.74, 6) is 0.606. The van der Waals surface area contributed by atoms with E-state index >= 15 is 0 Å². The van der Waals surface area contributed by atoms with Crippen molar-refractivity contribution in [1.29, 1.82) is 0 Å². The zero-order valence-electron chi connectivity index (χ0n) is 15.7. The fourth-order valence-corrected chi connectivity index (χ4v) is 3.80. The number of ether oxygens (including phenoxy) is 1. The monoisotopic (exact) mass is 390 g/mol. The van der Waals surface area contributed by atoms with E-state index in [-0.39, 0.29) is 24.7 Å². The fraction of sp³-hybridized carbons (Fsp3) is 0.350. The Morgan fingerprint density at radius 1 is 1.07 bits per heavy atom. The Kier molecular flexibility index (Phi) is 7.82. The largest absolute Gasteiger partial charge is 0.497 e. The molecule has 0 aliphatic carbocycles. The van der Waals surface area contributed by atoms with Crippen LogP contribution in [-0.2, 0) is 21.2 Å². The van der Waals surface area contributed by atoms with Crippen molar-refractivity contribution in [3.8, 4) is 5.75 Å². The van der Waals surface area contributed by atoms with E-state index in [1.54, 1.807) is 31.4 Å². The highest BCUT2D eigenvalue weighted by molar-refractivity contribution is 7.89. The van der Waals surface area contributed by atoms with Crippen molar-refractivity contribution in [2.24, 2.45) is 0 Å². The van der Waals surface area contributed by atoms with Crippen molar-refractivity contribution >= 4 is 21.6 Å². The van der Waals surface area contributed by atoms with E-state index < -0.39 is 10.0 Å². The fourth-order valence-electron chi connectivity index (χ4n) is 2.73. The van der Waals surface area contributed by atoms with E-state index in [9.17, 15) is 13.2 Å². The average Bonchev–Trinajstić information content (AvgIpc) is 2.66. The molecule has 0 saturated carbocycles. The number of sulfonamides is 1. The van der Waals surface area contributed by atoms with Crippen LogP contribution in [-0.4, -0.2) is 40.3 Å². The summed E-state index contributed by atoms with van der Waals surface area (Å²) in [4.78, 5) is 13.4. The summed E-state index contributed by atoms with van der Waals surface area (Å²) in [6, 6.07) is 16.9. The van der Waals surface area contributed by atoms with Gasteiger partial charge in [-0.15, -0.1) is 0 Å². The van der Waals surface area contributed by atoms with Gasteiger partial charge in [-0.1, -0.05) is 30.3 Å². The molecule has 2 aromatic carbocycles. The van der Waals surface area contributed by atoms with Crippen molar-refractivity contribution in [1.82, 2.24) is 4.72 Å². The summed E-state index contributed by atoms with van der Waals surface area (Å²) < 4.78 is 32.0. The molecule has 1 N–H and O–H groups in total. The zero-order chi connectivity index (χ0) is 19.7. The molecular weight excluding hydrogens is 364 g/mol. The molecular formula is C20H26N2O4S. The molecule has 6 nitrogen and oxygen atoms in total. The van der Waals surface area contributed by atoms with Crippen LogP contribution in [0.15, 0.2) is 54.6 Å². The second-order valence-electron chi connectivity index (χ2n) is 6.17. The lowest BCUT2D eigenvalue weighted by Crippen LogP contribution is -2.38. The summed E-state index contributed by atoms with van der Waals surface area (Å²) in [5, 5.41) is 0. The molecule has 0 spiro atoms. The normalized spacial score (nSPS) is 11.2. The van der Waals surface area contributed by atoms with Crippen LogP contribution in [0.4, 0.5) is 5.69 Å². The van der Waals surface area contributed by atoms with Crippen molar-refractivity contribution in [2.45, 2.75) is 19.8 Å². The minimum absolute atomic E-state index is 0.0600. The maximum absolute atomic E-state index is 12.2. The van der Waals surface area contributed by atoms with Crippen LogP contribution in [0, 0.1) is 0 Å². The quantitative estimate of drug-likeness (QED) is 0.677. The van der Waals surface area contributed by atoms with E-state index in [4.69, 9.17) is 4.74 Å². The van der Waals surface area contributed by atoms with Crippen molar-refractivity contribution in [3.05, 3.63) is 60.2 Å². The summed E-state index contributed by atoms with van der Waals surface area (Å²) in [7, 11) is -1.80. The lowest BCUT2D eigenvalue weighted by Gasteiger charge is -2.21. The molecule has 0 atom stereocenters. The molecule has 27 heavy (non-hydrogen) atoms. The Hall–Kier alpha value is -2.38. The minimum atomic E-state index is -3.37. The molecule has 0 fully saturated rings. The molecule has 0 aliphatic rings. The predicted molar refractivity (Wildman–Crippen MR) is 108 cm³/mol. The first-order chi connectivity index (χ1) is 12.9. The molecule has 0 heterocycles. The number of carbonyl (C=O) groups is 1. The van der Waals surface area contributed by atoms with Crippen LogP contribution in [0.2, 0.25) is 0 Å². The maximum Gasteiger partial charge on any atom is 0.223 e. The van der Waals surface area contributed by atoms with E-state index in [1.165, 1.54) is 11.8 Å². The Morgan fingerprint density at radius 3 is 2.33 bits per heavy atom. The first kappa shape index (κ1) is 20.9. The first-order valence-electron chi connectivity index (χ1n) is 8.85. The van der Waals surface area contributed by atoms with E-state index in [1.807, 2.05) is 30.3 Å². The second-order valence-corrected chi connectivity index (χ2v) is 8.10. The lowest BCUT2D eigenvalue weighted by molar-refractivity contribution is -0.116. The number of aryl methyl sites for hydroxylation is 1. The third-order valence-corrected chi connectivity index (χ3v) is 5.61. The summed E-state index contributed by atoms with van der Waals surface area (Å²) >= 11 is 0. The average molecular weight is 391 g/mol. The van der Waals surface area contributed by atoms with Gasteiger partial charge in [-0.05, 0) is 42.7 Å². The topological polar surface area (TPSA) is 75.7 Å².